The van der Waals surface area contributed by atoms with E-state index in [0.717, 1.165) is 28.2 Å². The molecule has 0 saturated heterocycles. The molecule has 2 aliphatic carbocycles. The van der Waals surface area contributed by atoms with Crippen molar-refractivity contribution >= 4 is 0 Å². The summed E-state index contributed by atoms with van der Waals surface area (Å²) in [6.45, 7) is 2.11. The summed E-state index contributed by atoms with van der Waals surface area (Å²) >= 11 is 0. The van der Waals surface area contributed by atoms with Crippen LogP contribution in [-0.2, 0) is 6.42 Å². The first-order valence-corrected chi connectivity index (χ1v) is 12.1. The Labute approximate surface area is 193 Å². The average Bonchev–Trinajstić information content (AvgIpc) is 3.61. The highest BCUT2D eigenvalue weighted by molar-refractivity contribution is 5.53. The molecule has 0 heterocycles. The molecule has 158 valence electrons. The smallest absolute Gasteiger partial charge is 0.0284 e. The molecule has 0 aromatic heterocycles. The maximum atomic E-state index is 3.43. The van der Waals surface area contributed by atoms with E-state index in [1.54, 1.807) is 0 Å². The Kier molecular flexibility index (Phi) is 6.14. The first kappa shape index (κ1) is 20.7. The normalized spacial score (nSPS) is 15.2. The number of hydrogen-bond acceptors (Lipinski definition) is 0. The van der Waals surface area contributed by atoms with Gasteiger partial charge in [-0.05, 0) is 98.0 Å². The summed E-state index contributed by atoms with van der Waals surface area (Å²) in [5.41, 5.74) is 8.48. The predicted molar refractivity (Wildman–Crippen MR) is 134 cm³/mol. The van der Waals surface area contributed by atoms with Crippen molar-refractivity contribution in [1.29, 1.82) is 0 Å². The Balaban J connectivity index is 1.33. The molecule has 2 aliphatic rings. The fourth-order valence-corrected chi connectivity index (χ4v) is 4.26. The van der Waals surface area contributed by atoms with E-state index < -0.39 is 0 Å². The highest BCUT2D eigenvalue weighted by Crippen LogP contribution is 2.38. The van der Waals surface area contributed by atoms with Gasteiger partial charge < -0.3 is 0 Å². The third-order valence-electron chi connectivity index (χ3n) is 6.83. The van der Waals surface area contributed by atoms with Gasteiger partial charge in [0, 0.05) is 22.3 Å². The molecule has 2 fully saturated rings. The summed E-state index contributed by atoms with van der Waals surface area (Å²) in [5, 5.41) is 0. The summed E-state index contributed by atoms with van der Waals surface area (Å²) in [4.78, 5) is 0. The van der Waals surface area contributed by atoms with E-state index >= 15 is 0 Å². The minimum atomic E-state index is 0.629. The Morgan fingerprint density at radius 2 is 1.31 bits per heavy atom. The third-order valence-corrected chi connectivity index (χ3v) is 6.83. The lowest BCUT2D eigenvalue weighted by Gasteiger charge is -2.27. The molecule has 2 saturated carbocycles. The molecular weight excluding hydrogens is 384 g/mol. The van der Waals surface area contributed by atoms with Crippen molar-refractivity contribution in [1.82, 2.24) is 0 Å². The summed E-state index contributed by atoms with van der Waals surface area (Å²) in [6.07, 6.45) is 9.25. The van der Waals surface area contributed by atoms with Crippen LogP contribution >= 0.6 is 0 Å². The van der Waals surface area contributed by atoms with Gasteiger partial charge in [-0.1, -0.05) is 72.8 Å². The zero-order valence-corrected chi connectivity index (χ0v) is 19.0. The molecular formula is C32H30. The summed E-state index contributed by atoms with van der Waals surface area (Å²) in [7, 11) is 0. The lowest BCUT2D eigenvalue weighted by Crippen LogP contribution is -2.10. The monoisotopic (exact) mass is 414 g/mol. The molecule has 0 N–H and O–H groups in total. The quantitative estimate of drug-likeness (QED) is 0.390. The van der Waals surface area contributed by atoms with Crippen molar-refractivity contribution in [2.75, 3.05) is 0 Å². The first-order chi connectivity index (χ1) is 15.7. The SMILES string of the molecule is Cc1ccc(C#Cc2ccc(C#Cc3ccc(CCC4CC4)cc3)cc2C2CCC2)cc1. The summed E-state index contributed by atoms with van der Waals surface area (Å²) in [5.74, 6) is 15.2. The Bertz CT molecular complexity index is 1200. The Morgan fingerprint density at radius 1 is 0.688 bits per heavy atom. The van der Waals surface area contributed by atoms with Gasteiger partial charge in [-0.25, -0.2) is 0 Å². The molecule has 0 spiro atoms. The van der Waals surface area contributed by atoms with Gasteiger partial charge in [-0.3, -0.25) is 0 Å². The molecule has 0 aliphatic heterocycles. The van der Waals surface area contributed by atoms with Crippen LogP contribution < -0.4 is 0 Å². The van der Waals surface area contributed by atoms with E-state index in [1.807, 2.05) is 0 Å². The van der Waals surface area contributed by atoms with Gasteiger partial charge in [0.05, 0.1) is 0 Å². The lowest BCUT2D eigenvalue weighted by molar-refractivity contribution is 0.419. The summed E-state index contributed by atoms with van der Waals surface area (Å²) in [6, 6.07) is 23.8. The maximum absolute atomic E-state index is 3.43. The number of benzene rings is 3. The second-order valence-corrected chi connectivity index (χ2v) is 9.47. The van der Waals surface area contributed by atoms with Crippen LogP contribution in [0.3, 0.4) is 0 Å². The highest BCUT2D eigenvalue weighted by Gasteiger charge is 2.22. The van der Waals surface area contributed by atoms with Crippen molar-refractivity contribution in [2.45, 2.75) is 57.8 Å². The van der Waals surface area contributed by atoms with Crippen LogP contribution in [0.5, 0.6) is 0 Å². The van der Waals surface area contributed by atoms with E-state index in [2.05, 4.69) is 97.3 Å². The van der Waals surface area contributed by atoms with Gasteiger partial charge in [0.2, 0.25) is 0 Å². The van der Waals surface area contributed by atoms with Crippen molar-refractivity contribution in [2.24, 2.45) is 5.92 Å². The molecule has 0 amide bonds. The Morgan fingerprint density at radius 3 is 1.97 bits per heavy atom. The van der Waals surface area contributed by atoms with Crippen molar-refractivity contribution in [3.8, 4) is 23.7 Å². The fourth-order valence-electron chi connectivity index (χ4n) is 4.26. The number of hydrogen-bond donors (Lipinski definition) is 0. The Hall–Kier alpha value is -3.22. The number of rotatable bonds is 4. The molecule has 5 rings (SSSR count). The van der Waals surface area contributed by atoms with Crippen LogP contribution in [0.4, 0.5) is 0 Å². The van der Waals surface area contributed by atoms with Crippen LogP contribution in [-0.4, -0.2) is 0 Å². The second-order valence-electron chi connectivity index (χ2n) is 9.47. The first-order valence-electron chi connectivity index (χ1n) is 12.1. The fraction of sp³-hybridized carbons (Fsp3) is 0.312. The van der Waals surface area contributed by atoms with E-state index in [4.69, 9.17) is 0 Å². The van der Waals surface area contributed by atoms with Gasteiger partial charge >= 0.3 is 0 Å². The van der Waals surface area contributed by atoms with E-state index in [9.17, 15) is 0 Å². The molecule has 0 bridgehead atoms. The van der Waals surface area contributed by atoms with Gasteiger partial charge in [-0.2, -0.15) is 0 Å². The molecule has 3 aromatic carbocycles. The minimum Gasteiger partial charge on any atom is -0.0617 e. The minimum absolute atomic E-state index is 0.629. The maximum Gasteiger partial charge on any atom is 0.0284 e. The van der Waals surface area contributed by atoms with Gasteiger partial charge in [0.25, 0.3) is 0 Å². The van der Waals surface area contributed by atoms with Crippen molar-refractivity contribution in [3.63, 3.8) is 0 Å². The van der Waals surface area contributed by atoms with Crippen molar-refractivity contribution in [3.05, 3.63) is 106 Å². The molecule has 0 radical (unpaired) electrons. The van der Waals surface area contributed by atoms with Crippen LogP contribution in [0, 0.1) is 36.5 Å². The standard InChI is InChI=1S/C32H30/c1-24-5-7-25(8-6-24)19-21-31-22-20-29(23-32(31)30-3-2-4-30)18-17-28-15-13-27(14-16-28)12-11-26-9-10-26/h5-8,13-16,20,22-23,26,30H,2-4,9-12H2,1H3. The highest BCUT2D eigenvalue weighted by atomic mass is 14.3. The summed E-state index contributed by atoms with van der Waals surface area (Å²) < 4.78 is 0. The molecule has 0 unspecified atom stereocenters. The predicted octanol–water partition coefficient (Wildman–Crippen LogP) is 7.40. The zero-order chi connectivity index (χ0) is 21.8. The molecule has 0 heteroatoms. The van der Waals surface area contributed by atoms with Gasteiger partial charge in [0.15, 0.2) is 0 Å². The van der Waals surface area contributed by atoms with Crippen LogP contribution in [0.2, 0.25) is 0 Å². The van der Waals surface area contributed by atoms with E-state index in [-0.39, 0.29) is 0 Å². The van der Waals surface area contributed by atoms with Gasteiger partial charge in [0.1, 0.15) is 0 Å². The van der Waals surface area contributed by atoms with E-state index in [1.165, 1.54) is 61.6 Å². The third kappa shape index (κ3) is 5.33. The van der Waals surface area contributed by atoms with Crippen LogP contribution in [0.1, 0.15) is 83.4 Å². The number of aryl methyl sites for hydroxylation is 2. The molecule has 0 nitrogen and oxygen atoms in total. The molecule has 0 atom stereocenters. The molecule has 3 aromatic rings. The topological polar surface area (TPSA) is 0 Å². The zero-order valence-electron chi connectivity index (χ0n) is 19.0. The second kappa shape index (κ2) is 9.51. The lowest BCUT2D eigenvalue weighted by atomic mass is 9.78. The largest absolute Gasteiger partial charge is 0.0617 e. The molecule has 32 heavy (non-hydrogen) atoms. The van der Waals surface area contributed by atoms with Crippen LogP contribution in [0.25, 0.3) is 0 Å². The van der Waals surface area contributed by atoms with E-state index in [0.29, 0.717) is 5.92 Å². The average molecular weight is 415 g/mol. The van der Waals surface area contributed by atoms with Crippen molar-refractivity contribution < 1.29 is 0 Å². The van der Waals surface area contributed by atoms with Crippen LogP contribution in [0.15, 0.2) is 66.7 Å². The van der Waals surface area contributed by atoms with Gasteiger partial charge in [-0.15, -0.1) is 0 Å².